The van der Waals surface area contributed by atoms with Crippen molar-refractivity contribution in [3.8, 4) is 0 Å². The van der Waals surface area contributed by atoms with Crippen molar-refractivity contribution in [2.75, 3.05) is 23.8 Å². The van der Waals surface area contributed by atoms with Crippen LogP contribution in [0.2, 0.25) is 0 Å². The maximum Gasteiger partial charge on any atom is 0.138 e. The highest BCUT2D eigenvalue weighted by Crippen LogP contribution is 2.34. The first-order valence-electron chi connectivity index (χ1n) is 6.27. The van der Waals surface area contributed by atoms with Crippen LogP contribution in [0.3, 0.4) is 0 Å². The number of anilines is 3. The minimum absolute atomic E-state index is 0.217. The third-order valence-corrected chi connectivity index (χ3v) is 3.30. The molecule has 0 aliphatic carbocycles. The van der Waals surface area contributed by atoms with E-state index in [1.807, 2.05) is 31.0 Å². The Bertz CT molecular complexity index is 627. The molecule has 0 saturated heterocycles. The van der Waals surface area contributed by atoms with E-state index in [1.165, 1.54) is 6.07 Å². The van der Waals surface area contributed by atoms with E-state index in [0.717, 1.165) is 35.9 Å². The Morgan fingerprint density at radius 1 is 1.26 bits per heavy atom. The highest BCUT2D eigenvalue weighted by Gasteiger charge is 2.22. The third-order valence-electron chi connectivity index (χ3n) is 3.30. The molecular formula is C14H15FN4. The zero-order valence-electron chi connectivity index (χ0n) is 10.9. The molecule has 0 unspecified atom stereocenters. The molecule has 0 spiro atoms. The normalized spacial score (nSPS) is 13.5. The summed E-state index contributed by atoms with van der Waals surface area (Å²) < 4.78 is 13.4. The van der Waals surface area contributed by atoms with E-state index in [4.69, 9.17) is 0 Å². The second kappa shape index (κ2) is 4.50. The van der Waals surface area contributed by atoms with Crippen molar-refractivity contribution in [3.63, 3.8) is 0 Å². The third kappa shape index (κ3) is 2.12. The molecule has 0 bridgehead atoms. The van der Waals surface area contributed by atoms with Gasteiger partial charge in [-0.05, 0) is 31.0 Å². The van der Waals surface area contributed by atoms with Gasteiger partial charge in [-0.15, -0.1) is 0 Å². The molecule has 0 fully saturated rings. The fourth-order valence-corrected chi connectivity index (χ4v) is 2.41. The number of benzene rings is 1. The van der Waals surface area contributed by atoms with Crippen LogP contribution < -0.4 is 10.2 Å². The molecule has 2 heterocycles. The van der Waals surface area contributed by atoms with Gasteiger partial charge in [-0.2, -0.15) is 0 Å². The lowest BCUT2D eigenvalue weighted by atomic mass is 10.2. The Morgan fingerprint density at radius 3 is 2.89 bits per heavy atom. The van der Waals surface area contributed by atoms with Gasteiger partial charge in [0.1, 0.15) is 23.3 Å². The fourth-order valence-electron chi connectivity index (χ4n) is 2.41. The van der Waals surface area contributed by atoms with Crippen molar-refractivity contribution in [1.29, 1.82) is 0 Å². The average molecular weight is 258 g/mol. The highest BCUT2D eigenvalue weighted by atomic mass is 19.1. The number of nitrogens with one attached hydrogen (secondary N) is 1. The second-order valence-corrected chi connectivity index (χ2v) is 4.58. The Morgan fingerprint density at radius 2 is 2.11 bits per heavy atom. The summed E-state index contributed by atoms with van der Waals surface area (Å²) in [5.74, 6) is 2.06. The second-order valence-electron chi connectivity index (χ2n) is 4.58. The summed E-state index contributed by atoms with van der Waals surface area (Å²) in [7, 11) is 1.82. The van der Waals surface area contributed by atoms with Gasteiger partial charge in [-0.3, -0.25) is 0 Å². The minimum Gasteiger partial charge on any atom is -0.373 e. The van der Waals surface area contributed by atoms with E-state index in [9.17, 15) is 4.39 Å². The molecule has 0 amide bonds. The molecule has 0 saturated carbocycles. The van der Waals surface area contributed by atoms with Crippen LogP contribution in [0.4, 0.5) is 21.7 Å². The first-order valence-corrected chi connectivity index (χ1v) is 6.27. The van der Waals surface area contributed by atoms with E-state index >= 15 is 0 Å². The van der Waals surface area contributed by atoms with Gasteiger partial charge in [-0.1, -0.05) is 6.07 Å². The number of aromatic nitrogens is 2. The zero-order chi connectivity index (χ0) is 13.4. The molecule has 3 rings (SSSR count). The Kier molecular flexibility index (Phi) is 2.81. The van der Waals surface area contributed by atoms with Crippen molar-refractivity contribution >= 4 is 17.3 Å². The summed E-state index contributed by atoms with van der Waals surface area (Å²) in [6.07, 6.45) is 0.910. The van der Waals surface area contributed by atoms with Crippen LogP contribution in [-0.2, 0) is 6.42 Å². The SMILES string of the molecule is CNc1cc(N2CCc3ccc(F)cc32)nc(C)n1. The molecule has 4 nitrogen and oxygen atoms in total. The summed E-state index contributed by atoms with van der Waals surface area (Å²) in [6.45, 7) is 2.67. The Hall–Kier alpha value is -2.17. The van der Waals surface area contributed by atoms with E-state index in [2.05, 4.69) is 15.3 Å². The number of hydrogen-bond donors (Lipinski definition) is 1. The van der Waals surface area contributed by atoms with E-state index < -0.39 is 0 Å². The van der Waals surface area contributed by atoms with Crippen molar-refractivity contribution in [2.24, 2.45) is 0 Å². The molecule has 1 aromatic heterocycles. The summed E-state index contributed by atoms with van der Waals surface area (Å²) in [5, 5.41) is 3.02. The Labute approximate surface area is 111 Å². The minimum atomic E-state index is -0.217. The number of hydrogen-bond acceptors (Lipinski definition) is 4. The van der Waals surface area contributed by atoms with Crippen LogP contribution >= 0.6 is 0 Å². The van der Waals surface area contributed by atoms with E-state index in [0.29, 0.717) is 5.82 Å². The smallest absolute Gasteiger partial charge is 0.138 e. The molecule has 0 radical (unpaired) electrons. The zero-order valence-corrected chi connectivity index (χ0v) is 10.9. The van der Waals surface area contributed by atoms with Gasteiger partial charge in [-0.25, -0.2) is 14.4 Å². The van der Waals surface area contributed by atoms with Gasteiger partial charge in [0.25, 0.3) is 0 Å². The quantitative estimate of drug-likeness (QED) is 0.899. The number of aryl methyl sites for hydroxylation is 1. The standard InChI is InChI=1S/C14H15FN4/c1-9-17-13(16-2)8-14(18-9)19-6-5-10-3-4-11(15)7-12(10)19/h3-4,7-8H,5-6H2,1-2H3,(H,16,17,18). The van der Waals surface area contributed by atoms with Crippen LogP contribution in [0.5, 0.6) is 0 Å². The predicted octanol–water partition coefficient (Wildman–Crippen LogP) is 2.66. The van der Waals surface area contributed by atoms with Crippen molar-refractivity contribution in [3.05, 3.63) is 41.5 Å². The highest BCUT2D eigenvalue weighted by molar-refractivity contribution is 5.69. The fraction of sp³-hybridized carbons (Fsp3) is 0.286. The number of halogens is 1. The van der Waals surface area contributed by atoms with Gasteiger partial charge in [0.05, 0.1) is 0 Å². The first kappa shape index (κ1) is 11.9. The first-order chi connectivity index (χ1) is 9.17. The molecule has 1 N–H and O–H groups in total. The largest absolute Gasteiger partial charge is 0.373 e. The summed E-state index contributed by atoms with van der Waals surface area (Å²) in [5.41, 5.74) is 2.06. The number of nitrogens with zero attached hydrogens (tertiary/aromatic N) is 3. The summed E-state index contributed by atoms with van der Waals surface area (Å²) in [6, 6.07) is 6.80. The Balaban J connectivity index is 2.06. The van der Waals surface area contributed by atoms with Crippen molar-refractivity contribution < 1.29 is 4.39 Å². The molecule has 98 valence electrons. The molecular weight excluding hydrogens is 243 g/mol. The molecule has 1 aliphatic rings. The summed E-state index contributed by atoms with van der Waals surface area (Å²) in [4.78, 5) is 10.8. The maximum absolute atomic E-state index is 13.4. The van der Waals surface area contributed by atoms with Crippen molar-refractivity contribution in [2.45, 2.75) is 13.3 Å². The van der Waals surface area contributed by atoms with Crippen LogP contribution in [0.1, 0.15) is 11.4 Å². The van der Waals surface area contributed by atoms with Gasteiger partial charge < -0.3 is 10.2 Å². The van der Waals surface area contributed by atoms with Gasteiger partial charge in [0.15, 0.2) is 0 Å². The molecule has 5 heteroatoms. The molecule has 2 aromatic rings. The van der Waals surface area contributed by atoms with Gasteiger partial charge in [0, 0.05) is 25.3 Å². The average Bonchev–Trinajstić information content (AvgIpc) is 2.80. The molecule has 0 atom stereocenters. The van der Waals surface area contributed by atoms with Crippen LogP contribution in [0.25, 0.3) is 0 Å². The van der Waals surface area contributed by atoms with Crippen molar-refractivity contribution in [1.82, 2.24) is 9.97 Å². The van der Waals surface area contributed by atoms with Gasteiger partial charge in [0.2, 0.25) is 0 Å². The molecule has 1 aliphatic heterocycles. The lowest BCUT2D eigenvalue weighted by molar-refractivity contribution is 0.628. The molecule has 1 aromatic carbocycles. The summed E-state index contributed by atoms with van der Waals surface area (Å²) >= 11 is 0. The lowest BCUT2D eigenvalue weighted by Crippen LogP contribution is -2.16. The molecule has 19 heavy (non-hydrogen) atoms. The van der Waals surface area contributed by atoms with Crippen LogP contribution in [0, 0.1) is 12.7 Å². The maximum atomic E-state index is 13.4. The topological polar surface area (TPSA) is 41.0 Å². The van der Waals surface area contributed by atoms with Crippen LogP contribution in [-0.4, -0.2) is 23.6 Å². The van der Waals surface area contributed by atoms with E-state index in [-0.39, 0.29) is 5.82 Å². The number of fused-ring (bicyclic) bond motifs is 1. The predicted molar refractivity (Wildman–Crippen MR) is 73.4 cm³/mol. The lowest BCUT2D eigenvalue weighted by Gasteiger charge is -2.19. The monoisotopic (exact) mass is 258 g/mol. The van der Waals surface area contributed by atoms with Gasteiger partial charge >= 0.3 is 0 Å². The van der Waals surface area contributed by atoms with Crippen LogP contribution in [0.15, 0.2) is 24.3 Å². The number of rotatable bonds is 2. The van der Waals surface area contributed by atoms with E-state index in [1.54, 1.807) is 6.07 Å².